The van der Waals surface area contributed by atoms with Crippen LogP contribution in [0.4, 0.5) is 17.5 Å². The zero-order valence-electron chi connectivity index (χ0n) is 15.7. The summed E-state index contributed by atoms with van der Waals surface area (Å²) >= 11 is 0. The topological polar surface area (TPSA) is 53.1 Å². The molecule has 2 aromatic carbocycles. The van der Waals surface area contributed by atoms with Gasteiger partial charge in [-0.05, 0) is 44.8 Å². The number of anilines is 3. The lowest BCUT2D eigenvalue weighted by Crippen LogP contribution is -2.16. The first-order valence-corrected chi connectivity index (χ1v) is 8.85. The number of benzene rings is 2. The molecule has 0 amide bonds. The normalized spacial score (nSPS) is 10.3. The molecule has 0 saturated carbocycles. The first-order valence-electron chi connectivity index (χ1n) is 8.85. The van der Waals surface area contributed by atoms with Gasteiger partial charge in [0.2, 0.25) is 5.95 Å². The molecule has 1 aromatic heterocycles. The summed E-state index contributed by atoms with van der Waals surface area (Å²) in [6.07, 6.45) is 2.84. The Morgan fingerprint density at radius 1 is 0.926 bits per heavy atom. The predicted octanol–water partition coefficient (Wildman–Crippen LogP) is 4.67. The standard InChI is InChI=1S/C21H25N5.ClH/c1-26(2)16-8-14-22-20-13-15-23-21(25-20)24-19-12-7-6-11-18(19)17-9-4-3-5-10-17;/h3-7,9-13,15H,8,14,16H2,1-2H3,(H2,22,23,24,25);1H. The molecule has 2 N–H and O–H groups in total. The minimum absolute atomic E-state index is 0. The number of para-hydroxylation sites is 1. The van der Waals surface area contributed by atoms with E-state index in [9.17, 15) is 0 Å². The van der Waals surface area contributed by atoms with Gasteiger partial charge in [0.25, 0.3) is 0 Å². The molecule has 142 valence electrons. The first kappa shape index (κ1) is 20.7. The van der Waals surface area contributed by atoms with Crippen molar-refractivity contribution in [2.75, 3.05) is 37.8 Å². The molecule has 0 spiro atoms. The lowest BCUT2D eigenvalue weighted by molar-refractivity contribution is 0.405. The second-order valence-electron chi connectivity index (χ2n) is 6.39. The maximum atomic E-state index is 4.57. The van der Waals surface area contributed by atoms with E-state index in [1.54, 1.807) is 6.20 Å². The highest BCUT2D eigenvalue weighted by atomic mass is 35.5. The zero-order valence-corrected chi connectivity index (χ0v) is 16.5. The van der Waals surface area contributed by atoms with Gasteiger partial charge in [0, 0.05) is 24.0 Å². The Hall–Kier alpha value is -2.63. The van der Waals surface area contributed by atoms with E-state index >= 15 is 0 Å². The highest BCUT2D eigenvalue weighted by Crippen LogP contribution is 2.29. The molecule has 0 aliphatic rings. The van der Waals surface area contributed by atoms with Crippen molar-refractivity contribution in [3.63, 3.8) is 0 Å². The summed E-state index contributed by atoms with van der Waals surface area (Å²) in [6.45, 7) is 1.93. The second-order valence-corrected chi connectivity index (χ2v) is 6.39. The highest BCUT2D eigenvalue weighted by Gasteiger charge is 2.06. The molecular formula is C21H26ClN5. The number of aromatic nitrogens is 2. The SMILES string of the molecule is CN(C)CCCNc1ccnc(Nc2ccccc2-c2ccccc2)n1.Cl. The van der Waals surface area contributed by atoms with Crippen LogP contribution in [0, 0.1) is 0 Å². The number of nitrogens with zero attached hydrogens (tertiary/aromatic N) is 3. The van der Waals surface area contributed by atoms with Crippen LogP contribution in [-0.4, -0.2) is 42.1 Å². The largest absolute Gasteiger partial charge is 0.370 e. The molecule has 1 heterocycles. The quantitative estimate of drug-likeness (QED) is 0.553. The molecule has 0 aliphatic heterocycles. The van der Waals surface area contributed by atoms with Crippen molar-refractivity contribution in [2.24, 2.45) is 0 Å². The Kier molecular flexibility index (Phi) is 8.04. The minimum Gasteiger partial charge on any atom is -0.370 e. The monoisotopic (exact) mass is 383 g/mol. The van der Waals surface area contributed by atoms with E-state index in [4.69, 9.17) is 0 Å². The second kappa shape index (κ2) is 10.5. The predicted molar refractivity (Wildman–Crippen MR) is 116 cm³/mol. The van der Waals surface area contributed by atoms with Crippen molar-refractivity contribution in [3.8, 4) is 11.1 Å². The van der Waals surface area contributed by atoms with E-state index in [2.05, 4.69) is 57.8 Å². The van der Waals surface area contributed by atoms with Crippen LogP contribution in [0.25, 0.3) is 11.1 Å². The Labute approximate surface area is 167 Å². The fourth-order valence-corrected chi connectivity index (χ4v) is 2.71. The van der Waals surface area contributed by atoms with Crippen molar-refractivity contribution in [2.45, 2.75) is 6.42 Å². The molecule has 27 heavy (non-hydrogen) atoms. The van der Waals surface area contributed by atoms with Crippen molar-refractivity contribution in [3.05, 3.63) is 66.9 Å². The zero-order chi connectivity index (χ0) is 18.2. The van der Waals surface area contributed by atoms with E-state index in [-0.39, 0.29) is 12.4 Å². The molecular weight excluding hydrogens is 358 g/mol. The summed E-state index contributed by atoms with van der Waals surface area (Å²) in [5, 5.41) is 6.70. The van der Waals surface area contributed by atoms with Gasteiger partial charge in [0.1, 0.15) is 5.82 Å². The summed E-state index contributed by atoms with van der Waals surface area (Å²) in [6, 6.07) is 20.4. The van der Waals surface area contributed by atoms with E-state index in [0.717, 1.165) is 42.1 Å². The van der Waals surface area contributed by atoms with Gasteiger partial charge < -0.3 is 15.5 Å². The Morgan fingerprint density at radius 3 is 2.44 bits per heavy atom. The Morgan fingerprint density at radius 2 is 1.67 bits per heavy atom. The molecule has 6 heteroatoms. The summed E-state index contributed by atoms with van der Waals surface area (Å²) < 4.78 is 0. The molecule has 0 saturated heterocycles. The molecule has 3 aromatic rings. The van der Waals surface area contributed by atoms with Crippen molar-refractivity contribution < 1.29 is 0 Å². The fraction of sp³-hybridized carbons (Fsp3) is 0.238. The van der Waals surface area contributed by atoms with Gasteiger partial charge in [0.15, 0.2) is 0 Å². The molecule has 0 fully saturated rings. The molecule has 0 unspecified atom stereocenters. The van der Waals surface area contributed by atoms with Gasteiger partial charge in [-0.1, -0.05) is 48.5 Å². The van der Waals surface area contributed by atoms with Crippen molar-refractivity contribution in [1.29, 1.82) is 0 Å². The van der Waals surface area contributed by atoms with Crippen LogP contribution in [0.3, 0.4) is 0 Å². The van der Waals surface area contributed by atoms with Crippen LogP contribution in [0.5, 0.6) is 0 Å². The fourth-order valence-electron chi connectivity index (χ4n) is 2.71. The Bertz CT molecular complexity index is 824. The summed E-state index contributed by atoms with van der Waals surface area (Å²) in [4.78, 5) is 11.1. The van der Waals surface area contributed by atoms with Crippen LogP contribution < -0.4 is 10.6 Å². The van der Waals surface area contributed by atoms with E-state index in [1.807, 2.05) is 42.5 Å². The van der Waals surface area contributed by atoms with Gasteiger partial charge in [-0.2, -0.15) is 4.98 Å². The smallest absolute Gasteiger partial charge is 0.229 e. The van der Waals surface area contributed by atoms with Gasteiger partial charge >= 0.3 is 0 Å². The maximum Gasteiger partial charge on any atom is 0.229 e. The molecule has 0 bridgehead atoms. The maximum absolute atomic E-state index is 4.57. The molecule has 5 nitrogen and oxygen atoms in total. The average Bonchev–Trinajstić information content (AvgIpc) is 2.67. The van der Waals surface area contributed by atoms with E-state index in [0.29, 0.717) is 5.95 Å². The van der Waals surface area contributed by atoms with Gasteiger partial charge in [0.05, 0.1) is 0 Å². The third-order valence-electron chi connectivity index (χ3n) is 4.00. The molecule has 3 rings (SSSR count). The van der Waals surface area contributed by atoms with Gasteiger partial charge in [-0.25, -0.2) is 4.98 Å². The minimum atomic E-state index is 0. The van der Waals surface area contributed by atoms with Crippen LogP contribution in [0.1, 0.15) is 6.42 Å². The van der Waals surface area contributed by atoms with E-state index in [1.165, 1.54) is 0 Å². The lowest BCUT2D eigenvalue weighted by Gasteiger charge is -2.13. The number of hydrogen-bond donors (Lipinski definition) is 2. The average molecular weight is 384 g/mol. The van der Waals surface area contributed by atoms with Gasteiger partial charge in [-0.3, -0.25) is 0 Å². The third-order valence-corrected chi connectivity index (χ3v) is 4.00. The first-order chi connectivity index (χ1) is 12.7. The van der Waals surface area contributed by atoms with E-state index < -0.39 is 0 Å². The van der Waals surface area contributed by atoms with Crippen molar-refractivity contribution in [1.82, 2.24) is 14.9 Å². The summed E-state index contributed by atoms with van der Waals surface area (Å²) in [5.41, 5.74) is 3.28. The van der Waals surface area contributed by atoms with Crippen LogP contribution >= 0.6 is 12.4 Å². The van der Waals surface area contributed by atoms with Crippen molar-refractivity contribution >= 4 is 29.9 Å². The summed E-state index contributed by atoms with van der Waals surface area (Å²) in [7, 11) is 4.16. The molecule has 0 atom stereocenters. The van der Waals surface area contributed by atoms with Gasteiger partial charge in [-0.15, -0.1) is 12.4 Å². The number of rotatable bonds is 8. The summed E-state index contributed by atoms with van der Waals surface area (Å²) in [5.74, 6) is 1.42. The van der Waals surface area contributed by atoms with Crippen LogP contribution in [-0.2, 0) is 0 Å². The third kappa shape index (κ3) is 6.24. The van der Waals surface area contributed by atoms with Crippen LogP contribution in [0.2, 0.25) is 0 Å². The highest BCUT2D eigenvalue weighted by molar-refractivity contribution is 5.85. The van der Waals surface area contributed by atoms with Crippen LogP contribution in [0.15, 0.2) is 66.9 Å². The molecule has 0 aliphatic carbocycles. The molecule has 0 radical (unpaired) electrons. The number of hydrogen-bond acceptors (Lipinski definition) is 5. The number of halogens is 1. The lowest BCUT2D eigenvalue weighted by atomic mass is 10.0. The number of nitrogens with one attached hydrogen (secondary N) is 2. The Balaban J connectivity index is 0.00000261.